The van der Waals surface area contributed by atoms with Crippen LogP contribution in [0.2, 0.25) is 0 Å². The number of hydrogen-bond acceptors (Lipinski definition) is 5. The fourth-order valence-electron chi connectivity index (χ4n) is 4.51. The van der Waals surface area contributed by atoms with E-state index in [1.807, 2.05) is 22.8 Å². The summed E-state index contributed by atoms with van der Waals surface area (Å²) in [6.07, 6.45) is 3.95. The number of carbonyl (C=O) groups is 3. The molecule has 170 valence electrons. The van der Waals surface area contributed by atoms with E-state index in [2.05, 4.69) is 0 Å². The number of amides is 2. The molecule has 32 heavy (non-hydrogen) atoms. The summed E-state index contributed by atoms with van der Waals surface area (Å²) in [7, 11) is 1.67. The molecule has 8 nitrogen and oxygen atoms in total. The first kappa shape index (κ1) is 22.0. The van der Waals surface area contributed by atoms with Crippen LogP contribution in [-0.4, -0.2) is 59.0 Å². The van der Waals surface area contributed by atoms with Gasteiger partial charge in [0.1, 0.15) is 5.82 Å². The van der Waals surface area contributed by atoms with Gasteiger partial charge in [-0.1, -0.05) is 18.2 Å². The van der Waals surface area contributed by atoms with Crippen LogP contribution in [0, 0.1) is 5.92 Å². The number of carbonyl (C=O) groups excluding carboxylic acids is 3. The predicted molar refractivity (Wildman–Crippen MR) is 120 cm³/mol. The molecule has 0 atom stereocenters. The van der Waals surface area contributed by atoms with E-state index in [9.17, 15) is 14.4 Å². The molecular formula is C24H30N4O4. The first-order chi connectivity index (χ1) is 15.5. The third-order valence-electron chi connectivity index (χ3n) is 6.31. The summed E-state index contributed by atoms with van der Waals surface area (Å²) < 4.78 is 7.12. The number of esters is 1. The van der Waals surface area contributed by atoms with Crippen LogP contribution in [0.25, 0.3) is 0 Å². The number of anilines is 1. The van der Waals surface area contributed by atoms with Crippen LogP contribution in [-0.2, 0) is 22.5 Å². The molecule has 1 aromatic carbocycles. The molecule has 0 bridgehead atoms. The number of rotatable bonds is 5. The van der Waals surface area contributed by atoms with Gasteiger partial charge >= 0.3 is 5.97 Å². The summed E-state index contributed by atoms with van der Waals surface area (Å²) in [5.74, 6) is 0.583. The van der Waals surface area contributed by atoms with Crippen molar-refractivity contribution in [1.29, 1.82) is 0 Å². The monoisotopic (exact) mass is 438 g/mol. The topological polar surface area (TPSA) is 84.7 Å². The molecule has 2 amide bonds. The predicted octanol–water partition coefficient (Wildman–Crippen LogP) is 2.91. The molecular weight excluding hydrogens is 408 g/mol. The fourth-order valence-corrected chi connectivity index (χ4v) is 4.51. The maximum Gasteiger partial charge on any atom is 0.309 e. The zero-order valence-corrected chi connectivity index (χ0v) is 18.7. The zero-order valence-electron chi connectivity index (χ0n) is 18.7. The number of benzene rings is 1. The Morgan fingerprint density at radius 1 is 1.09 bits per heavy atom. The van der Waals surface area contributed by atoms with E-state index in [1.165, 1.54) is 4.90 Å². The average Bonchev–Trinajstić information content (AvgIpc) is 3.23. The Kier molecular flexibility index (Phi) is 6.58. The molecule has 2 aromatic rings. The van der Waals surface area contributed by atoms with Gasteiger partial charge in [0.25, 0.3) is 11.8 Å². The number of likely N-dealkylation sites (tertiary alicyclic amines) is 1. The van der Waals surface area contributed by atoms with Crippen molar-refractivity contribution in [3.05, 3.63) is 47.4 Å². The van der Waals surface area contributed by atoms with Crippen molar-refractivity contribution in [2.45, 2.75) is 45.6 Å². The Morgan fingerprint density at radius 3 is 2.50 bits per heavy atom. The lowest BCUT2D eigenvalue weighted by Crippen LogP contribution is -2.42. The van der Waals surface area contributed by atoms with Crippen molar-refractivity contribution in [3.8, 4) is 0 Å². The van der Waals surface area contributed by atoms with Gasteiger partial charge in [-0.3, -0.25) is 19.3 Å². The largest absolute Gasteiger partial charge is 0.466 e. The minimum absolute atomic E-state index is 0.129. The van der Waals surface area contributed by atoms with Gasteiger partial charge in [0, 0.05) is 38.7 Å². The smallest absolute Gasteiger partial charge is 0.309 e. The minimum Gasteiger partial charge on any atom is -0.466 e. The number of ether oxygens (including phenoxy) is 1. The van der Waals surface area contributed by atoms with Crippen LogP contribution >= 0.6 is 0 Å². The summed E-state index contributed by atoms with van der Waals surface area (Å²) in [5.41, 5.74) is 1.02. The molecule has 3 heterocycles. The second-order valence-corrected chi connectivity index (χ2v) is 8.36. The van der Waals surface area contributed by atoms with Gasteiger partial charge in [0.15, 0.2) is 11.5 Å². The number of aromatic nitrogens is 2. The quantitative estimate of drug-likeness (QED) is 0.670. The molecule has 0 N–H and O–H groups in total. The van der Waals surface area contributed by atoms with E-state index in [1.54, 1.807) is 31.0 Å². The highest BCUT2D eigenvalue weighted by Crippen LogP contribution is 2.29. The molecule has 2 aliphatic rings. The second kappa shape index (κ2) is 9.54. The molecule has 0 unspecified atom stereocenters. The SMILES string of the molecule is CCOC(=O)C1CCN(C(=O)c2c(N(C)C(=O)c3ccccc3)nc3n2CCCC3)CC1. The maximum atomic E-state index is 13.6. The minimum atomic E-state index is -0.198. The number of hydrogen-bond donors (Lipinski definition) is 0. The Hall–Kier alpha value is -3.16. The highest BCUT2D eigenvalue weighted by Gasteiger charge is 2.34. The molecule has 4 rings (SSSR count). The Balaban J connectivity index is 1.59. The lowest BCUT2D eigenvalue weighted by atomic mass is 9.97. The maximum absolute atomic E-state index is 13.6. The van der Waals surface area contributed by atoms with Crippen molar-refractivity contribution < 1.29 is 19.1 Å². The van der Waals surface area contributed by atoms with Crippen molar-refractivity contribution in [2.24, 2.45) is 5.92 Å². The van der Waals surface area contributed by atoms with Crippen LogP contribution in [0.1, 0.15) is 59.3 Å². The van der Waals surface area contributed by atoms with Gasteiger partial charge in [0.2, 0.25) is 0 Å². The highest BCUT2D eigenvalue weighted by atomic mass is 16.5. The molecule has 1 fully saturated rings. The van der Waals surface area contributed by atoms with Gasteiger partial charge in [-0.15, -0.1) is 0 Å². The molecule has 0 radical (unpaired) electrons. The average molecular weight is 439 g/mol. The first-order valence-electron chi connectivity index (χ1n) is 11.4. The summed E-state index contributed by atoms with van der Waals surface area (Å²) in [5, 5.41) is 0. The Labute approximate surface area is 188 Å². The fraction of sp³-hybridized carbons (Fsp3) is 0.500. The molecule has 1 aromatic heterocycles. The highest BCUT2D eigenvalue weighted by molar-refractivity contribution is 6.09. The summed E-state index contributed by atoms with van der Waals surface area (Å²) in [6.45, 7) is 3.85. The van der Waals surface area contributed by atoms with E-state index < -0.39 is 0 Å². The molecule has 0 spiro atoms. The van der Waals surface area contributed by atoms with Crippen molar-refractivity contribution in [1.82, 2.24) is 14.5 Å². The number of imidazole rings is 1. The number of fused-ring (bicyclic) bond motifs is 1. The summed E-state index contributed by atoms with van der Waals surface area (Å²) in [4.78, 5) is 46.8. The molecule has 1 saturated heterocycles. The van der Waals surface area contributed by atoms with E-state index in [0.29, 0.717) is 49.6 Å². The van der Waals surface area contributed by atoms with Crippen LogP contribution in [0.15, 0.2) is 30.3 Å². The number of aryl methyl sites for hydroxylation is 1. The van der Waals surface area contributed by atoms with E-state index in [-0.39, 0.29) is 23.7 Å². The zero-order chi connectivity index (χ0) is 22.7. The van der Waals surface area contributed by atoms with Crippen LogP contribution in [0.3, 0.4) is 0 Å². The van der Waals surface area contributed by atoms with Gasteiger partial charge < -0.3 is 14.2 Å². The van der Waals surface area contributed by atoms with Crippen molar-refractivity contribution >= 4 is 23.6 Å². The number of piperidine rings is 1. The normalized spacial score (nSPS) is 16.4. The lowest BCUT2D eigenvalue weighted by Gasteiger charge is -2.31. The molecule has 0 saturated carbocycles. The standard InChI is InChI=1S/C24H30N4O4/c1-3-32-24(31)18-12-15-27(16-13-18)23(30)20-21(25-19-11-7-8-14-28(19)20)26(2)22(29)17-9-5-4-6-10-17/h4-6,9-10,18H,3,7-8,11-16H2,1-2H3. The van der Waals surface area contributed by atoms with Gasteiger partial charge in [-0.2, -0.15) is 0 Å². The molecule has 8 heteroatoms. The summed E-state index contributed by atoms with van der Waals surface area (Å²) >= 11 is 0. The number of nitrogens with zero attached hydrogens (tertiary/aromatic N) is 4. The second-order valence-electron chi connectivity index (χ2n) is 8.36. The van der Waals surface area contributed by atoms with Crippen molar-refractivity contribution in [2.75, 3.05) is 31.6 Å². The molecule has 0 aliphatic carbocycles. The van der Waals surface area contributed by atoms with Gasteiger partial charge in [-0.05, 0) is 44.7 Å². The van der Waals surface area contributed by atoms with Gasteiger partial charge in [0.05, 0.1) is 12.5 Å². The van der Waals surface area contributed by atoms with Crippen molar-refractivity contribution in [3.63, 3.8) is 0 Å². The van der Waals surface area contributed by atoms with Crippen LogP contribution < -0.4 is 4.90 Å². The molecule has 2 aliphatic heterocycles. The Bertz CT molecular complexity index is 993. The van der Waals surface area contributed by atoms with E-state index in [0.717, 1.165) is 31.6 Å². The van der Waals surface area contributed by atoms with E-state index >= 15 is 0 Å². The lowest BCUT2D eigenvalue weighted by molar-refractivity contribution is -0.149. The van der Waals surface area contributed by atoms with E-state index in [4.69, 9.17) is 9.72 Å². The third-order valence-corrected chi connectivity index (χ3v) is 6.31. The Morgan fingerprint density at radius 2 is 1.81 bits per heavy atom. The van der Waals surface area contributed by atoms with Gasteiger partial charge in [-0.25, -0.2) is 4.98 Å². The van der Waals surface area contributed by atoms with Crippen LogP contribution in [0.5, 0.6) is 0 Å². The third kappa shape index (κ3) is 4.26. The summed E-state index contributed by atoms with van der Waals surface area (Å²) in [6, 6.07) is 9.02. The van der Waals surface area contributed by atoms with Crippen LogP contribution in [0.4, 0.5) is 5.82 Å². The first-order valence-corrected chi connectivity index (χ1v) is 11.4.